The van der Waals surface area contributed by atoms with Crippen molar-refractivity contribution in [3.63, 3.8) is 0 Å². The Hall–Kier alpha value is -2.49. The standard InChI is InChI=1S/C16H18N2O2/c1-11-4-9-14(15(19)10-11)17-16(20)12-5-7-13(8-6-12)18(2)3/h4-10,19H,1-3H3,(H,17,20). The van der Waals surface area contributed by atoms with Crippen molar-refractivity contribution in [2.75, 3.05) is 24.3 Å². The summed E-state index contributed by atoms with van der Waals surface area (Å²) >= 11 is 0. The molecule has 0 aliphatic carbocycles. The summed E-state index contributed by atoms with van der Waals surface area (Å²) in [7, 11) is 3.89. The first kappa shape index (κ1) is 13.9. The first-order chi connectivity index (χ1) is 9.47. The van der Waals surface area contributed by atoms with Gasteiger partial charge < -0.3 is 15.3 Å². The van der Waals surface area contributed by atoms with Crippen LogP contribution in [0.3, 0.4) is 0 Å². The molecular weight excluding hydrogens is 252 g/mol. The Morgan fingerprint density at radius 1 is 1.10 bits per heavy atom. The summed E-state index contributed by atoms with van der Waals surface area (Å²) in [6, 6.07) is 12.4. The van der Waals surface area contributed by atoms with Crippen LogP contribution in [-0.4, -0.2) is 25.1 Å². The van der Waals surface area contributed by atoms with Gasteiger partial charge in [0.1, 0.15) is 5.75 Å². The zero-order chi connectivity index (χ0) is 14.7. The maximum absolute atomic E-state index is 12.1. The van der Waals surface area contributed by atoms with E-state index in [1.54, 1.807) is 24.3 Å². The van der Waals surface area contributed by atoms with Crippen molar-refractivity contribution in [1.82, 2.24) is 0 Å². The van der Waals surface area contributed by atoms with Crippen LogP contribution in [0.1, 0.15) is 15.9 Å². The topological polar surface area (TPSA) is 52.6 Å². The Bertz CT molecular complexity index is 619. The predicted molar refractivity (Wildman–Crippen MR) is 81.6 cm³/mol. The molecular formula is C16H18N2O2. The molecule has 0 atom stereocenters. The highest BCUT2D eigenvalue weighted by Gasteiger charge is 2.09. The summed E-state index contributed by atoms with van der Waals surface area (Å²) < 4.78 is 0. The molecule has 0 saturated carbocycles. The Morgan fingerprint density at radius 2 is 1.75 bits per heavy atom. The molecule has 2 aromatic carbocycles. The Morgan fingerprint density at radius 3 is 2.30 bits per heavy atom. The van der Waals surface area contributed by atoms with Gasteiger partial charge in [0.05, 0.1) is 5.69 Å². The van der Waals surface area contributed by atoms with Crippen LogP contribution in [-0.2, 0) is 0 Å². The summed E-state index contributed by atoms with van der Waals surface area (Å²) in [5.74, 6) is -0.169. The van der Waals surface area contributed by atoms with Crippen molar-refractivity contribution in [2.45, 2.75) is 6.92 Å². The number of carbonyl (C=O) groups is 1. The second-order valence-electron chi connectivity index (χ2n) is 4.92. The minimum atomic E-state index is -0.241. The number of rotatable bonds is 3. The zero-order valence-electron chi connectivity index (χ0n) is 11.8. The molecule has 4 heteroatoms. The number of hydrogen-bond donors (Lipinski definition) is 2. The number of amides is 1. The average Bonchev–Trinajstić information content (AvgIpc) is 2.42. The predicted octanol–water partition coefficient (Wildman–Crippen LogP) is 3.02. The lowest BCUT2D eigenvalue weighted by molar-refractivity contribution is 0.102. The molecule has 0 fully saturated rings. The van der Waals surface area contributed by atoms with Gasteiger partial charge >= 0.3 is 0 Å². The van der Waals surface area contributed by atoms with Crippen LogP contribution >= 0.6 is 0 Å². The monoisotopic (exact) mass is 270 g/mol. The highest BCUT2D eigenvalue weighted by Crippen LogP contribution is 2.24. The lowest BCUT2D eigenvalue weighted by Crippen LogP contribution is -2.13. The number of carbonyl (C=O) groups excluding carboxylic acids is 1. The SMILES string of the molecule is Cc1ccc(NC(=O)c2ccc(N(C)C)cc2)c(O)c1. The first-order valence-electron chi connectivity index (χ1n) is 6.36. The van der Waals surface area contributed by atoms with Crippen LogP contribution < -0.4 is 10.2 Å². The first-order valence-corrected chi connectivity index (χ1v) is 6.36. The number of nitrogens with one attached hydrogen (secondary N) is 1. The van der Waals surface area contributed by atoms with E-state index >= 15 is 0 Å². The average molecular weight is 270 g/mol. The summed E-state index contributed by atoms with van der Waals surface area (Å²) in [5.41, 5.74) is 2.93. The largest absolute Gasteiger partial charge is 0.506 e. The van der Waals surface area contributed by atoms with Gasteiger partial charge in [-0.1, -0.05) is 6.07 Å². The number of phenolic OH excluding ortho intramolecular Hbond substituents is 1. The molecule has 20 heavy (non-hydrogen) atoms. The van der Waals surface area contributed by atoms with Gasteiger partial charge in [-0.15, -0.1) is 0 Å². The number of aromatic hydroxyl groups is 1. The molecule has 1 amide bonds. The van der Waals surface area contributed by atoms with E-state index in [9.17, 15) is 9.90 Å². The van der Waals surface area contributed by atoms with E-state index in [0.717, 1.165) is 11.3 Å². The van der Waals surface area contributed by atoms with Gasteiger partial charge in [-0.25, -0.2) is 0 Å². The third kappa shape index (κ3) is 3.09. The van der Waals surface area contributed by atoms with Gasteiger partial charge in [-0.3, -0.25) is 4.79 Å². The normalized spacial score (nSPS) is 10.2. The molecule has 0 saturated heterocycles. The van der Waals surface area contributed by atoms with Crippen molar-refractivity contribution in [1.29, 1.82) is 0 Å². The van der Waals surface area contributed by atoms with Gasteiger partial charge in [-0.05, 0) is 48.9 Å². The minimum Gasteiger partial charge on any atom is -0.506 e. The van der Waals surface area contributed by atoms with E-state index in [-0.39, 0.29) is 11.7 Å². The van der Waals surface area contributed by atoms with Crippen LogP contribution in [0.4, 0.5) is 11.4 Å². The molecule has 4 nitrogen and oxygen atoms in total. The Balaban J connectivity index is 2.15. The smallest absolute Gasteiger partial charge is 0.255 e. The quantitative estimate of drug-likeness (QED) is 0.843. The summed E-state index contributed by atoms with van der Waals surface area (Å²) in [4.78, 5) is 14.1. The van der Waals surface area contributed by atoms with Gasteiger partial charge in [0, 0.05) is 25.3 Å². The van der Waals surface area contributed by atoms with Gasteiger partial charge in [-0.2, -0.15) is 0 Å². The van der Waals surface area contributed by atoms with E-state index in [2.05, 4.69) is 5.32 Å². The third-order valence-electron chi connectivity index (χ3n) is 3.05. The van der Waals surface area contributed by atoms with Crippen LogP contribution in [0.2, 0.25) is 0 Å². The highest BCUT2D eigenvalue weighted by atomic mass is 16.3. The molecule has 0 bridgehead atoms. The maximum Gasteiger partial charge on any atom is 0.255 e. The van der Waals surface area contributed by atoms with E-state index in [0.29, 0.717) is 11.3 Å². The fraction of sp³-hybridized carbons (Fsp3) is 0.188. The number of nitrogens with zero attached hydrogens (tertiary/aromatic N) is 1. The minimum absolute atomic E-state index is 0.0725. The molecule has 0 aliphatic heterocycles. The van der Waals surface area contributed by atoms with Crippen LogP contribution in [0.15, 0.2) is 42.5 Å². The molecule has 0 aromatic heterocycles. The number of anilines is 2. The van der Waals surface area contributed by atoms with Crippen LogP contribution in [0.25, 0.3) is 0 Å². The number of phenols is 1. The van der Waals surface area contributed by atoms with Crippen molar-refractivity contribution >= 4 is 17.3 Å². The fourth-order valence-corrected chi connectivity index (χ4v) is 1.85. The zero-order valence-corrected chi connectivity index (χ0v) is 11.8. The highest BCUT2D eigenvalue weighted by molar-refractivity contribution is 6.05. The van der Waals surface area contributed by atoms with E-state index in [1.807, 2.05) is 44.1 Å². The van der Waals surface area contributed by atoms with E-state index in [4.69, 9.17) is 0 Å². The number of hydrogen-bond acceptors (Lipinski definition) is 3. The Kier molecular flexibility index (Phi) is 3.94. The molecule has 2 rings (SSSR count). The van der Waals surface area contributed by atoms with Gasteiger partial charge in [0.25, 0.3) is 5.91 Å². The van der Waals surface area contributed by atoms with Crippen molar-refractivity contribution in [2.24, 2.45) is 0 Å². The molecule has 104 valence electrons. The Labute approximate surface area is 118 Å². The lowest BCUT2D eigenvalue weighted by Gasteiger charge is -2.13. The van der Waals surface area contributed by atoms with Crippen LogP contribution in [0.5, 0.6) is 5.75 Å². The van der Waals surface area contributed by atoms with E-state index < -0.39 is 0 Å². The van der Waals surface area contributed by atoms with Crippen molar-refractivity contribution < 1.29 is 9.90 Å². The molecule has 0 aliphatic rings. The molecule has 0 radical (unpaired) electrons. The molecule has 0 spiro atoms. The van der Waals surface area contributed by atoms with Crippen LogP contribution in [0, 0.1) is 6.92 Å². The third-order valence-corrected chi connectivity index (χ3v) is 3.05. The van der Waals surface area contributed by atoms with Gasteiger partial charge in [0.2, 0.25) is 0 Å². The summed E-state index contributed by atoms with van der Waals surface area (Å²) in [6.07, 6.45) is 0. The van der Waals surface area contributed by atoms with Crippen molar-refractivity contribution in [3.05, 3.63) is 53.6 Å². The van der Waals surface area contributed by atoms with Gasteiger partial charge in [0.15, 0.2) is 0 Å². The molecule has 0 heterocycles. The fourth-order valence-electron chi connectivity index (χ4n) is 1.85. The lowest BCUT2D eigenvalue weighted by atomic mass is 10.1. The summed E-state index contributed by atoms with van der Waals surface area (Å²) in [6.45, 7) is 1.88. The molecule has 2 aromatic rings. The molecule has 0 unspecified atom stereocenters. The second-order valence-corrected chi connectivity index (χ2v) is 4.92. The maximum atomic E-state index is 12.1. The number of aryl methyl sites for hydroxylation is 1. The second kappa shape index (κ2) is 5.65. The van der Waals surface area contributed by atoms with E-state index in [1.165, 1.54) is 0 Å². The van der Waals surface area contributed by atoms with Crippen molar-refractivity contribution in [3.8, 4) is 5.75 Å². The molecule has 2 N–H and O–H groups in total. The summed E-state index contributed by atoms with van der Waals surface area (Å²) in [5, 5.41) is 12.5. The number of benzene rings is 2.